The van der Waals surface area contributed by atoms with Crippen LogP contribution in [0.1, 0.15) is 23.3 Å². The SMILES string of the molecule is CCOC(=O)c1ncsc1NCCc1ncno1. The predicted octanol–water partition coefficient (Wildman–Crippen LogP) is 1.36. The normalized spacial score (nSPS) is 10.3. The van der Waals surface area contributed by atoms with Gasteiger partial charge in [-0.3, -0.25) is 0 Å². The number of hydrogen-bond donors (Lipinski definition) is 1. The van der Waals surface area contributed by atoms with Crippen LogP contribution in [0.2, 0.25) is 0 Å². The topological polar surface area (TPSA) is 90.1 Å². The van der Waals surface area contributed by atoms with Crippen molar-refractivity contribution < 1.29 is 14.1 Å². The van der Waals surface area contributed by atoms with Gasteiger partial charge >= 0.3 is 5.97 Å². The molecule has 0 fully saturated rings. The summed E-state index contributed by atoms with van der Waals surface area (Å²) >= 11 is 1.35. The van der Waals surface area contributed by atoms with E-state index in [1.807, 2.05) is 0 Å². The first kappa shape index (κ1) is 12.5. The van der Waals surface area contributed by atoms with Crippen molar-refractivity contribution in [3.63, 3.8) is 0 Å². The first-order chi connectivity index (χ1) is 8.81. The van der Waals surface area contributed by atoms with E-state index < -0.39 is 5.97 Å². The second kappa shape index (κ2) is 6.10. The number of nitrogens with one attached hydrogen (secondary N) is 1. The number of hydrogen-bond acceptors (Lipinski definition) is 8. The fourth-order valence-electron chi connectivity index (χ4n) is 1.31. The third-order valence-corrected chi connectivity index (χ3v) is 2.85. The molecule has 0 radical (unpaired) electrons. The van der Waals surface area contributed by atoms with Crippen molar-refractivity contribution in [2.45, 2.75) is 13.3 Å². The zero-order valence-electron chi connectivity index (χ0n) is 9.75. The number of carbonyl (C=O) groups is 1. The van der Waals surface area contributed by atoms with Crippen LogP contribution in [-0.2, 0) is 11.2 Å². The van der Waals surface area contributed by atoms with E-state index in [0.717, 1.165) is 0 Å². The van der Waals surface area contributed by atoms with Crippen molar-refractivity contribution in [3.8, 4) is 0 Å². The molecule has 18 heavy (non-hydrogen) atoms. The molecule has 0 aliphatic carbocycles. The van der Waals surface area contributed by atoms with E-state index in [4.69, 9.17) is 9.26 Å². The minimum atomic E-state index is -0.418. The lowest BCUT2D eigenvalue weighted by atomic mass is 10.4. The highest BCUT2D eigenvalue weighted by atomic mass is 32.1. The van der Waals surface area contributed by atoms with Crippen LogP contribution in [-0.4, -0.2) is 34.2 Å². The Hall–Kier alpha value is -1.96. The highest BCUT2D eigenvalue weighted by Crippen LogP contribution is 2.20. The molecule has 0 unspecified atom stereocenters. The average Bonchev–Trinajstić information content (AvgIpc) is 3.00. The van der Waals surface area contributed by atoms with Gasteiger partial charge in [-0.25, -0.2) is 9.78 Å². The van der Waals surface area contributed by atoms with Gasteiger partial charge in [-0.1, -0.05) is 5.16 Å². The highest BCUT2D eigenvalue weighted by Gasteiger charge is 2.15. The number of rotatable bonds is 6. The molecule has 0 aliphatic rings. The third kappa shape index (κ3) is 3.04. The zero-order valence-corrected chi connectivity index (χ0v) is 10.6. The largest absolute Gasteiger partial charge is 0.461 e. The van der Waals surface area contributed by atoms with Gasteiger partial charge in [0.25, 0.3) is 0 Å². The third-order valence-electron chi connectivity index (χ3n) is 2.07. The molecular weight excluding hydrogens is 256 g/mol. The number of anilines is 1. The Kier molecular flexibility index (Phi) is 4.24. The number of carbonyl (C=O) groups excluding carboxylic acids is 1. The first-order valence-corrected chi connectivity index (χ1v) is 6.29. The van der Waals surface area contributed by atoms with Crippen molar-refractivity contribution >= 4 is 22.3 Å². The maximum atomic E-state index is 11.6. The Labute approximate surface area is 107 Å². The van der Waals surface area contributed by atoms with Gasteiger partial charge in [-0.15, -0.1) is 11.3 Å². The smallest absolute Gasteiger partial charge is 0.360 e. The molecule has 2 rings (SSSR count). The maximum absolute atomic E-state index is 11.6. The van der Waals surface area contributed by atoms with Gasteiger partial charge in [0.15, 0.2) is 12.0 Å². The highest BCUT2D eigenvalue weighted by molar-refractivity contribution is 7.14. The molecule has 1 N–H and O–H groups in total. The van der Waals surface area contributed by atoms with Crippen LogP contribution in [0.15, 0.2) is 16.4 Å². The van der Waals surface area contributed by atoms with Gasteiger partial charge in [-0.05, 0) is 6.92 Å². The van der Waals surface area contributed by atoms with Gasteiger partial charge in [0, 0.05) is 13.0 Å². The van der Waals surface area contributed by atoms with E-state index in [1.165, 1.54) is 17.7 Å². The Morgan fingerprint density at radius 2 is 2.44 bits per heavy atom. The number of aromatic nitrogens is 3. The average molecular weight is 268 g/mol. The van der Waals surface area contributed by atoms with E-state index in [1.54, 1.807) is 12.4 Å². The van der Waals surface area contributed by atoms with Crippen LogP contribution in [0.5, 0.6) is 0 Å². The lowest BCUT2D eigenvalue weighted by Crippen LogP contribution is -2.10. The fourth-order valence-corrected chi connectivity index (χ4v) is 2.00. The molecule has 2 aromatic rings. The fraction of sp³-hybridized carbons (Fsp3) is 0.400. The van der Waals surface area contributed by atoms with E-state index in [-0.39, 0.29) is 0 Å². The lowest BCUT2D eigenvalue weighted by Gasteiger charge is -2.04. The zero-order chi connectivity index (χ0) is 12.8. The van der Waals surface area contributed by atoms with Crippen LogP contribution in [0.3, 0.4) is 0 Å². The van der Waals surface area contributed by atoms with Crippen molar-refractivity contribution in [2.75, 3.05) is 18.5 Å². The Balaban J connectivity index is 1.89. The molecule has 0 aliphatic heterocycles. The summed E-state index contributed by atoms with van der Waals surface area (Å²) in [5.41, 5.74) is 1.91. The quantitative estimate of drug-likeness (QED) is 0.791. The molecule has 96 valence electrons. The monoisotopic (exact) mass is 268 g/mol. The van der Waals surface area contributed by atoms with Gasteiger partial charge in [0.2, 0.25) is 5.89 Å². The Morgan fingerprint density at radius 3 is 3.17 bits per heavy atom. The number of thiazole rings is 1. The first-order valence-electron chi connectivity index (χ1n) is 5.41. The summed E-state index contributed by atoms with van der Waals surface area (Å²) in [6.07, 6.45) is 1.94. The van der Waals surface area contributed by atoms with E-state index in [2.05, 4.69) is 20.4 Å². The lowest BCUT2D eigenvalue weighted by molar-refractivity contribution is 0.0521. The second-order valence-electron chi connectivity index (χ2n) is 3.26. The molecule has 2 heterocycles. The summed E-state index contributed by atoms with van der Waals surface area (Å²) < 4.78 is 9.77. The number of esters is 1. The Bertz CT molecular complexity index is 497. The predicted molar refractivity (Wildman–Crippen MR) is 64.6 cm³/mol. The van der Waals surface area contributed by atoms with Crippen LogP contribution >= 0.6 is 11.3 Å². The summed E-state index contributed by atoms with van der Waals surface area (Å²) in [5, 5.41) is 7.30. The summed E-state index contributed by atoms with van der Waals surface area (Å²) in [7, 11) is 0. The molecular formula is C10H12N4O3S. The van der Waals surface area contributed by atoms with Gasteiger partial charge in [0.05, 0.1) is 12.1 Å². The minimum Gasteiger partial charge on any atom is -0.461 e. The molecule has 0 bridgehead atoms. The van der Waals surface area contributed by atoms with Crippen LogP contribution in [0, 0.1) is 0 Å². The summed E-state index contributed by atoms with van der Waals surface area (Å²) in [6.45, 7) is 2.67. The molecule has 8 heteroatoms. The molecule has 0 amide bonds. The van der Waals surface area contributed by atoms with E-state index >= 15 is 0 Å². The standard InChI is InChI=1S/C10H12N4O3S/c1-2-16-10(15)8-9(18-6-13-8)11-4-3-7-12-5-14-17-7/h5-6,11H,2-4H2,1H3. The molecule has 0 spiro atoms. The number of ether oxygens (including phenoxy) is 1. The van der Waals surface area contributed by atoms with Gasteiger partial charge in [0.1, 0.15) is 5.00 Å². The molecule has 7 nitrogen and oxygen atoms in total. The van der Waals surface area contributed by atoms with E-state index in [0.29, 0.717) is 36.2 Å². The van der Waals surface area contributed by atoms with E-state index in [9.17, 15) is 4.79 Å². The summed E-state index contributed by atoms with van der Waals surface area (Å²) in [6, 6.07) is 0. The molecule has 0 atom stereocenters. The van der Waals surface area contributed by atoms with Crippen molar-refractivity contribution in [2.24, 2.45) is 0 Å². The Morgan fingerprint density at radius 1 is 1.56 bits per heavy atom. The molecule has 0 aromatic carbocycles. The molecule has 0 saturated carbocycles. The van der Waals surface area contributed by atoms with Crippen molar-refractivity contribution in [1.82, 2.24) is 15.1 Å². The van der Waals surface area contributed by atoms with Crippen molar-refractivity contribution in [3.05, 3.63) is 23.4 Å². The second-order valence-corrected chi connectivity index (χ2v) is 4.12. The summed E-state index contributed by atoms with van der Waals surface area (Å²) in [4.78, 5) is 19.4. The number of nitrogens with zero attached hydrogens (tertiary/aromatic N) is 3. The van der Waals surface area contributed by atoms with Crippen LogP contribution < -0.4 is 5.32 Å². The minimum absolute atomic E-state index is 0.312. The van der Waals surface area contributed by atoms with Gasteiger partial charge in [-0.2, -0.15) is 4.98 Å². The van der Waals surface area contributed by atoms with Crippen LogP contribution in [0.4, 0.5) is 5.00 Å². The molecule has 0 saturated heterocycles. The maximum Gasteiger partial charge on any atom is 0.360 e. The summed E-state index contributed by atoms with van der Waals surface area (Å²) in [5.74, 6) is 0.128. The van der Waals surface area contributed by atoms with Gasteiger partial charge < -0.3 is 14.6 Å². The van der Waals surface area contributed by atoms with Crippen LogP contribution in [0.25, 0.3) is 0 Å². The molecule has 2 aromatic heterocycles. The van der Waals surface area contributed by atoms with Crippen molar-refractivity contribution in [1.29, 1.82) is 0 Å².